The minimum absolute atomic E-state index is 0.140. The molecule has 0 fully saturated rings. The smallest absolute Gasteiger partial charge is 0.306 e. The Balaban J connectivity index is 2.83. The molecule has 1 heterocycles. The highest BCUT2D eigenvalue weighted by molar-refractivity contribution is 6.30. The van der Waals surface area contributed by atoms with Gasteiger partial charge in [-0.3, -0.25) is 4.79 Å². The van der Waals surface area contributed by atoms with Crippen LogP contribution in [0.5, 0.6) is 0 Å². The topological polar surface area (TPSA) is 65.2 Å². The molecule has 82 valence electrons. The number of esters is 1. The number of carbonyl (C=O) groups is 1. The lowest BCUT2D eigenvalue weighted by molar-refractivity contribution is -0.141. The van der Waals surface area contributed by atoms with Crippen LogP contribution in [0.2, 0.25) is 5.15 Å². The lowest BCUT2D eigenvalue weighted by Gasteiger charge is -2.14. The Morgan fingerprint density at radius 3 is 3.00 bits per heavy atom. The third kappa shape index (κ3) is 3.18. The van der Waals surface area contributed by atoms with E-state index in [1.807, 2.05) is 6.07 Å². The number of methoxy groups -OCH3 is 1. The number of hydrogen-bond donors (Lipinski definition) is 1. The predicted octanol–water partition coefficient (Wildman–Crippen LogP) is 1.34. The van der Waals surface area contributed by atoms with Gasteiger partial charge in [0, 0.05) is 12.1 Å². The van der Waals surface area contributed by atoms with Gasteiger partial charge in [0.25, 0.3) is 0 Å². The molecule has 15 heavy (non-hydrogen) atoms. The van der Waals surface area contributed by atoms with Gasteiger partial charge in [-0.2, -0.15) is 0 Å². The summed E-state index contributed by atoms with van der Waals surface area (Å²) in [5.41, 5.74) is 6.37. The number of nitrogens with two attached hydrogens (primary N) is 1. The molecule has 2 N–H and O–H groups in total. The number of pyridine rings is 1. The zero-order valence-electron chi connectivity index (χ0n) is 8.44. The maximum Gasteiger partial charge on any atom is 0.306 e. The number of aromatic nitrogens is 1. The van der Waals surface area contributed by atoms with Gasteiger partial charge in [-0.05, 0) is 18.2 Å². The normalized spacial score (nSPS) is 12.2. The molecule has 0 aliphatic carbocycles. The van der Waals surface area contributed by atoms with Crippen molar-refractivity contribution in [3.8, 4) is 0 Å². The quantitative estimate of drug-likeness (QED) is 0.624. The fourth-order valence-corrected chi connectivity index (χ4v) is 1.58. The van der Waals surface area contributed by atoms with E-state index in [-0.39, 0.29) is 18.3 Å². The summed E-state index contributed by atoms with van der Waals surface area (Å²) >= 11 is 5.91. The van der Waals surface area contributed by atoms with Crippen molar-refractivity contribution >= 4 is 17.6 Å². The average Bonchev–Trinajstić information content (AvgIpc) is 2.26. The van der Waals surface area contributed by atoms with E-state index in [0.29, 0.717) is 11.7 Å². The minimum atomic E-state index is -0.301. The van der Waals surface area contributed by atoms with E-state index in [0.717, 1.165) is 5.56 Å². The number of carbonyl (C=O) groups excluding carboxylic acids is 1. The molecule has 0 saturated heterocycles. The summed E-state index contributed by atoms with van der Waals surface area (Å²) in [5, 5.41) is 0.386. The van der Waals surface area contributed by atoms with E-state index in [4.69, 9.17) is 17.3 Å². The van der Waals surface area contributed by atoms with E-state index >= 15 is 0 Å². The zero-order valence-corrected chi connectivity index (χ0v) is 9.20. The zero-order chi connectivity index (χ0) is 11.3. The highest BCUT2D eigenvalue weighted by Crippen LogP contribution is 2.24. The number of hydrogen-bond acceptors (Lipinski definition) is 4. The van der Waals surface area contributed by atoms with Crippen LogP contribution in [0.3, 0.4) is 0 Å². The first-order valence-electron chi connectivity index (χ1n) is 4.56. The van der Waals surface area contributed by atoms with Crippen LogP contribution in [-0.2, 0) is 9.53 Å². The summed E-state index contributed by atoms with van der Waals surface area (Å²) in [4.78, 5) is 15.1. The lowest BCUT2D eigenvalue weighted by Crippen LogP contribution is -2.17. The van der Waals surface area contributed by atoms with Crippen LogP contribution in [-0.4, -0.2) is 24.6 Å². The van der Waals surface area contributed by atoms with Gasteiger partial charge in [0.2, 0.25) is 0 Å². The van der Waals surface area contributed by atoms with Crippen LogP contribution in [0.4, 0.5) is 0 Å². The van der Waals surface area contributed by atoms with Gasteiger partial charge in [0.1, 0.15) is 5.15 Å². The summed E-state index contributed by atoms with van der Waals surface area (Å²) in [6.45, 7) is 0.334. The van der Waals surface area contributed by atoms with Gasteiger partial charge in [0.05, 0.1) is 13.5 Å². The molecule has 1 aromatic heterocycles. The Morgan fingerprint density at radius 1 is 1.73 bits per heavy atom. The van der Waals surface area contributed by atoms with Crippen LogP contribution in [0.1, 0.15) is 17.9 Å². The van der Waals surface area contributed by atoms with Gasteiger partial charge < -0.3 is 10.5 Å². The minimum Gasteiger partial charge on any atom is -0.469 e. The van der Waals surface area contributed by atoms with Crippen molar-refractivity contribution in [2.75, 3.05) is 13.7 Å². The van der Waals surface area contributed by atoms with Crippen molar-refractivity contribution in [3.05, 3.63) is 29.0 Å². The van der Waals surface area contributed by atoms with E-state index in [9.17, 15) is 4.79 Å². The molecule has 1 unspecified atom stereocenters. The van der Waals surface area contributed by atoms with Crippen LogP contribution in [0.25, 0.3) is 0 Å². The van der Waals surface area contributed by atoms with Gasteiger partial charge in [-0.15, -0.1) is 0 Å². The number of halogens is 1. The number of rotatable bonds is 4. The second kappa shape index (κ2) is 5.68. The SMILES string of the molecule is COC(=O)CC(CN)c1cccnc1Cl. The molecule has 0 amide bonds. The molecule has 0 aliphatic heterocycles. The van der Waals surface area contributed by atoms with Gasteiger partial charge >= 0.3 is 5.97 Å². The second-order valence-electron chi connectivity index (χ2n) is 3.10. The molecule has 0 radical (unpaired) electrons. The van der Waals surface area contributed by atoms with E-state index < -0.39 is 0 Å². The monoisotopic (exact) mass is 228 g/mol. The first-order valence-corrected chi connectivity index (χ1v) is 4.94. The van der Waals surface area contributed by atoms with E-state index in [2.05, 4.69) is 9.72 Å². The molecule has 1 atom stereocenters. The number of nitrogens with zero attached hydrogens (tertiary/aromatic N) is 1. The molecule has 1 aromatic rings. The molecule has 0 saturated carbocycles. The summed E-state index contributed by atoms with van der Waals surface area (Å²) < 4.78 is 4.59. The first-order chi connectivity index (χ1) is 7.19. The van der Waals surface area contributed by atoms with Crippen LogP contribution in [0, 0.1) is 0 Å². The van der Waals surface area contributed by atoms with Crippen molar-refractivity contribution in [1.82, 2.24) is 4.98 Å². The fourth-order valence-electron chi connectivity index (χ4n) is 1.31. The second-order valence-corrected chi connectivity index (χ2v) is 3.45. The molecule has 0 aliphatic rings. The molecular formula is C10H13ClN2O2. The van der Waals surface area contributed by atoms with Crippen molar-refractivity contribution in [2.24, 2.45) is 5.73 Å². The van der Waals surface area contributed by atoms with Gasteiger partial charge in [-0.1, -0.05) is 17.7 Å². The molecular weight excluding hydrogens is 216 g/mol. The Labute approximate surface area is 93.4 Å². The van der Waals surface area contributed by atoms with Crippen molar-refractivity contribution in [2.45, 2.75) is 12.3 Å². The molecule has 5 heteroatoms. The summed E-state index contributed by atoms with van der Waals surface area (Å²) in [5.74, 6) is -0.441. The molecule has 0 spiro atoms. The Bertz CT molecular complexity index is 344. The highest BCUT2D eigenvalue weighted by atomic mass is 35.5. The summed E-state index contributed by atoms with van der Waals surface area (Å²) in [7, 11) is 1.35. The van der Waals surface area contributed by atoms with Gasteiger partial charge in [-0.25, -0.2) is 4.98 Å². The largest absolute Gasteiger partial charge is 0.469 e. The van der Waals surface area contributed by atoms with Crippen molar-refractivity contribution in [3.63, 3.8) is 0 Å². The first kappa shape index (κ1) is 11.9. The Morgan fingerprint density at radius 2 is 2.47 bits per heavy atom. The lowest BCUT2D eigenvalue weighted by atomic mass is 9.97. The van der Waals surface area contributed by atoms with Crippen molar-refractivity contribution in [1.29, 1.82) is 0 Å². The predicted molar refractivity (Wildman–Crippen MR) is 57.7 cm³/mol. The molecule has 1 rings (SSSR count). The van der Waals surface area contributed by atoms with E-state index in [1.165, 1.54) is 7.11 Å². The van der Waals surface area contributed by atoms with Crippen molar-refractivity contribution < 1.29 is 9.53 Å². The molecule has 0 bridgehead atoms. The fraction of sp³-hybridized carbons (Fsp3) is 0.400. The average molecular weight is 229 g/mol. The molecule has 0 aromatic carbocycles. The summed E-state index contributed by atoms with van der Waals surface area (Å²) in [6, 6.07) is 3.58. The summed E-state index contributed by atoms with van der Waals surface area (Å²) in [6.07, 6.45) is 1.82. The third-order valence-electron chi connectivity index (χ3n) is 2.15. The standard InChI is InChI=1S/C10H13ClN2O2/c1-15-9(14)5-7(6-12)8-3-2-4-13-10(8)11/h2-4,7H,5-6,12H2,1H3. The number of ether oxygens (including phenoxy) is 1. The highest BCUT2D eigenvalue weighted by Gasteiger charge is 2.17. The third-order valence-corrected chi connectivity index (χ3v) is 2.47. The maximum atomic E-state index is 11.1. The Kier molecular flexibility index (Phi) is 4.52. The van der Waals surface area contributed by atoms with Crippen LogP contribution in [0.15, 0.2) is 18.3 Å². The van der Waals surface area contributed by atoms with E-state index in [1.54, 1.807) is 12.3 Å². The van der Waals surface area contributed by atoms with Crippen LogP contribution < -0.4 is 5.73 Å². The van der Waals surface area contributed by atoms with Crippen LogP contribution >= 0.6 is 11.6 Å². The van der Waals surface area contributed by atoms with Gasteiger partial charge in [0.15, 0.2) is 0 Å². The molecule has 4 nitrogen and oxygen atoms in total. The maximum absolute atomic E-state index is 11.1. The Hall–Kier alpha value is -1.13.